The first kappa shape index (κ1) is 9.48. The van der Waals surface area contributed by atoms with Crippen LogP contribution in [0.5, 0.6) is 0 Å². The smallest absolute Gasteiger partial charge is 0.231 e. The van der Waals surface area contributed by atoms with Gasteiger partial charge in [-0.15, -0.1) is 0 Å². The van der Waals surface area contributed by atoms with E-state index < -0.39 is 0 Å². The van der Waals surface area contributed by atoms with Gasteiger partial charge < -0.3 is 10.8 Å². The third-order valence-corrected chi connectivity index (χ3v) is 2.34. The first-order valence-corrected chi connectivity index (χ1v) is 4.30. The van der Waals surface area contributed by atoms with Gasteiger partial charge in [0, 0.05) is 12.6 Å². The summed E-state index contributed by atoms with van der Waals surface area (Å²) in [5.41, 5.74) is 5.08. The molecule has 2 atom stereocenters. The minimum Gasteiger partial charge on any atom is -0.393 e. The van der Waals surface area contributed by atoms with E-state index in [1.54, 1.807) is 0 Å². The van der Waals surface area contributed by atoms with Crippen LogP contribution in [-0.2, 0) is 4.79 Å². The summed E-state index contributed by atoms with van der Waals surface area (Å²) in [7, 11) is 0. The Hall–Kier alpha value is -0.610. The minimum atomic E-state index is -0.293. The van der Waals surface area contributed by atoms with E-state index >= 15 is 0 Å². The van der Waals surface area contributed by atoms with Crippen LogP contribution in [0.25, 0.3) is 0 Å². The van der Waals surface area contributed by atoms with E-state index in [-0.39, 0.29) is 18.1 Å². The van der Waals surface area contributed by atoms with Gasteiger partial charge in [-0.1, -0.05) is 0 Å². The van der Waals surface area contributed by atoms with Crippen LogP contribution in [0.3, 0.4) is 0 Å². The zero-order chi connectivity index (χ0) is 9.14. The van der Waals surface area contributed by atoms with E-state index in [0.717, 1.165) is 19.4 Å². The minimum absolute atomic E-state index is 0.205. The van der Waals surface area contributed by atoms with Crippen molar-refractivity contribution in [2.24, 2.45) is 5.73 Å². The molecule has 0 saturated carbocycles. The number of nitrogens with two attached hydrogens (primary N) is 1. The molecule has 1 fully saturated rings. The molecule has 1 saturated heterocycles. The van der Waals surface area contributed by atoms with Crippen LogP contribution in [0.15, 0.2) is 0 Å². The highest BCUT2D eigenvalue weighted by molar-refractivity contribution is 5.75. The zero-order valence-electron chi connectivity index (χ0n) is 7.36. The molecule has 0 aliphatic carbocycles. The summed E-state index contributed by atoms with van der Waals surface area (Å²) in [4.78, 5) is 12.6. The van der Waals surface area contributed by atoms with Crippen molar-refractivity contribution >= 4 is 5.91 Å². The molecule has 0 aromatic carbocycles. The summed E-state index contributed by atoms with van der Waals surface area (Å²) in [6, 6.07) is 0.265. The average Bonchev–Trinajstić information content (AvgIpc) is 1.94. The third-order valence-electron chi connectivity index (χ3n) is 2.34. The second-order valence-corrected chi connectivity index (χ2v) is 3.46. The van der Waals surface area contributed by atoms with E-state index in [2.05, 4.69) is 0 Å². The summed E-state index contributed by atoms with van der Waals surface area (Å²) < 4.78 is 0. The second-order valence-electron chi connectivity index (χ2n) is 3.46. The van der Waals surface area contributed by atoms with Crippen molar-refractivity contribution in [3.05, 3.63) is 0 Å². The molecule has 4 heteroatoms. The molecular weight excluding hydrogens is 156 g/mol. The second kappa shape index (κ2) is 3.87. The lowest BCUT2D eigenvalue weighted by Crippen LogP contribution is -2.46. The Kier molecular flexibility index (Phi) is 3.05. The van der Waals surface area contributed by atoms with Crippen molar-refractivity contribution in [2.75, 3.05) is 13.1 Å². The highest BCUT2D eigenvalue weighted by Crippen LogP contribution is 2.16. The molecular formula is C8H16N2O2. The van der Waals surface area contributed by atoms with Crippen molar-refractivity contribution < 1.29 is 9.90 Å². The van der Waals surface area contributed by atoms with Gasteiger partial charge in [0.1, 0.15) is 0 Å². The standard InChI is InChI=1S/C8H16N2O2/c1-6-4-7(11)2-3-10(6)5-8(9)12/h6-7,11H,2-5H2,1H3,(H2,9,12). The molecule has 2 unspecified atom stereocenters. The molecule has 3 N–H and O–H groups in total. The van der Waals surface area contributed by atoms with Gasteiger partial charge >= 0.3 is 0 Å². The Morgan fingerprint density at radius 3 is 2.92 bits per heavy atom. The monoisotopic (exact) mass is 172 g/mol. The maximum atomic E-state index is 10.6. The molecule has 0 bridgehead atoms. The number of aliphatic hydroxyl groups excluding tert-OH is 1. The first-order valence-electron chi connectivity index (χ1n) is 4.30. The normalized spacial score (nSPS) is 31.8. The largest absolute Gasteiger partial charge is 0.393 e. The molecule has 0 spiro atoms. The quantitative estimate of drug-likeness (QED) is 0.580. The Labute approximate surface area is 72.3 Å². The van der Waals surface area contributed by atoms with Crippen LogP contribution in [0.1, 0.15) is 19.8 Å². The van der Waals surface area contributed by atoms with Gasteiger partial charge in [-0.3, -0.25) is 9.69 Å². The zero-order valence-corrected chi connectivity index (χ0v) is 7.36. The summed E-state index contributed by atoms with van der Waals surface area (Å²) in [6.07, 6.45) is 1.29. The maximum Gasteiger partial charge on any atom is 0.231 e. The number of aliphatic hydroxyl groups is 1. The van der Waals surface area contributed by atoms with Crippen LogP contribution in [0.4, 0.5) is 0 Å². The van der Waals surface area contributed by atoms with Crippen molar-refractivity contribution in [3.63, 3.8) is 0 Å². The molecule has 4 nitrogen and oxygen atoms in total. The number of carbonyl (C=O) groups is 1. The summed E-state index contributed by atoms with van der Waals surface area (Å²) >= 11 is 0. The summed E-state index contributed by atoms with van der Waals surface area (Å²) in [5.74, 6) is -0.293. The molecule has 1 aliphatic rings. The molecule has 1 amide bonds. The fraction of sp³-hybridized carbons (Fsp3) is 0.875. The number of primary amides is 1. The van der Waals surface area contributed by atoms with E-state index in [4.69, 9.17) is 5.73 Å². The number of piperidine rings is 1. The predicted octanol–water partition coefficient (Wildman–Crippen LogP) is -0.683. The number of nitrogens with zero attached hydrogens (tertiary/aromatic N) is 1. The molecule has 12 heavy (non-hydrogen) atoms. The number of amides is 1. The van der Waals surface area contributed by atoms with Crippen molar-refractivity contribution in [2.45, 2.75) is 31.9 Å². The van der Waals surface area contributed by atoms with E-state index in [0.29, 0.717) is 6.54 Å². The lowest BCUT2D eigenvalue weighted by molar-refractivity contribution is -0.120. The van der Waals surface area contributed by atoms with Crippen molar-refractivity contribution in [1.29, 1.82) is 0 Å². The van der Waals surface area contributed by atoms with Crippen LogP contribution in [0.2, 0.25) is 0 Å². The van der Waals surface area contributed by atoms with E-state index in [1.807, 2.05) is 11.8 Å². The van der Waals surface area contributed by atoms with Gasteiger partial charge in [0.25, 0.3) is 0 Å². The van der Waals surface area contributed by atoms with Crippen LogP contribution in [-0.4, -0.2) is 41.1 Å². The van der Waals surface area contributed by atoms with Gasteiger partial charge in [0.15, 0.2) is 0 Å². The number of hydrogen-bond donors (Lipinski definition) is 2. The van der Waals surface area contributed by atoms with Gasteiger partial charge in [-0.2, -0.15) is 0 Å². The summed E-state index contributed by atoms with van der Waals surface area (Å²) in [5, 5.41) is 9.29. The molecule has 1 heterocycles. The average molecular weight is 172 g/mol. The molecule has 1 rings (SSSR count). The predicted molar refractivity (Wildman–Crippen MR) is 45.5 cm³/mol. The van der Waals surface area contributed by atoms with Gasteiger partial charge in [0.05, 0.1) is 12.6 Å². The third kappa shape index (κ3) is 2.46. The van der Waals surface area contributed by atoms with Crippen molar-refractivity contribution in [3.8, 4) is 0 Å². The fourth-order valence-corrected chi connectivity index (χ4v) is 1.63. The number of hydrogen-bond acceptors (Lipinski definition) is 3. The lowest BCUT2D eigenvalue weighted by Gasteiger charge is -2.34. The Morgan fingerprint density at radius 1 is 1.75 bits per heavy atom. The number of carbonyl (C=O) groups excluding carboxylic acids is 1. The molecule has 1 aliphatic heterocycles. The maximum absolute atomic E-state index is 10.6. The Balaban J connectivity index is 2.39. The molecule has 0 aromatic heterocycles. The topological polar surface area (TPSA) is 66.6 Å². The SMILES string of the molecule is CC1CC(O)CCN1CC(N)=O. The van der Waals surface area contributed by atoms with Crippen LogP contribution < -0.4 is 5.73 Å². The van der Waals surface area contributed by atoms with Gasteiger partial charge in [-0.25, -0.2) is 0 Å². The first-order chi connectivity index (χ1) is 5.59. The van der Waals surface area contributed by atoms with E-state index in [1.165, 1.54) is 0 Å². The lowest BCUT2D eigenvalue weighted by atomic mass is 10.0. The Bertz CT molecular complexity index is 172. The Morgan fingerprint density at radius 2 is 2.42 bits per heavy atom. The highest BCUT2D eigenvalue weighted by atomic mass is 16.3. The molecule has 70 valence electrons. The fourth-order valence-electron chi connectivity index (χ4n) is 1.63. The van der Waals surface area contributed by atoms with Crippen molar-refractivity contribution in [1.82, 2.24) is 4.90 Å². The summed E-state index contributed by atoms with van der Waals surface area (Å²) in [6.45, 7) is 3.09. The van der Waals surface area contributed by atoms with Gasteiger partial charge in [-0.05, 0) is 19.8 Å². The molecule has 0 radical (unpaired) electrons. The van der Waals surface area contributed by atoms with Gasteiger partial charge in [0.2, 0.25) is 5.91 Å². The molecule has 0 aromatic rings. The number of rotatable bonds is 2. The highest BCUT2D eigenvalue weighted by Gasteiger charge is 2.24. The van der Waals surface area contributed by atoms with Crippen LogP contribution >= 0.6 is 0 Å². The number of likely N-dealkylation sites (tertiary alicyclic amines) is 1. The van der Waals surface area contributed by atoms with E-state index in [9.17, 15) is 9.90 Å². The van der Waals surface area contributed by atoms with Crippen LogP contribution in [0, 0.1) is 0 Å².